The first kappa shape index (κ1) is 14.5. The third-order valence-corrected chi connectivity index (χ3v) is 2.88. The smallest absolute Gasteiger partial charge is 0.239 e. The van der Waals surface area contributed by atoms with Gasteiger partial charge in [0.25, 0.3) is 0 Å². The van der Waals surface area contributed by atoms with E-state index in [2.05, 4.69) is 25.5 Å². The summed E-state index contributed by atoms with van der Waals surface area (Å²) in [4.78, 5) is 21.7. The van der Waals surface area contributed by atoms with E-state index in [4.69, 9.17) is 11.6 Å². The maximum Gasteiger partial charge on any atom is 0.239 e. The highest BCUT2D eigenvalue weighted by Crippen LogP contribution is 2.22. The van der Waals surface area contributed by atoms with Crippen LogP contribution < -0.4 is 10.2 Å². The standard InChI is InChI=1S/C12H17ClN6O/c1-7(2)4-14-9(20)6-19(3)11-8-5-15-18-10(8)16-12(13)17-11/h5,7H,4,6H2,1-3H3,(H,14,20)(H,15,16,17,18). The van der Waals surface area contributed by atoms with Crippen LogP contribution in [0.1, 0.15) is 13.8 Å². The third-order valence-electron chi connectivity index (χ3n) is 2.71. The molecular formula is C12H17ClN6O. The minimum atomic E-state index is -0.0624. The van der Waals surface area contributed by atoms with Crippen LogP contribution >= 0.6 is 11.6 Å². The van der Waals surface area contributed by atoms with Crippen molar-refractivity contribution in [3.8, 4) is 0 Å². The molecule has 1 amide bonds. The molecule has 0 unspecified atom stereocenters. The average Bonchev–Trinajstić information content (AvgIpc) is 2.83. The second-order valence-corrected chi connectivity index (χ2v) is 5.34. The molecule has 0 aliphatic rings. The molecule has 0 radical (unpaired) electrons. The van der Waals surface area contributed by atoms with Crippen molar-refractivity contribution in [2.75, 3.05) is 25.0 Å². The van der Waals surface area contributed by atoms with Crippen LogP contribution in [0.5, 0.6) is 0 Å². The second kappa shape index (κ2) is 6.04. The molecule has 0 bridgehead atoms. The van der Waals surface area contributed by atoms with Crippen molar-refractivity contribution < 1.29 is 4.79 Å². The quantitative estimate of drug-likeness (QED) is 0.810. The van der Waals surface area contributed by atoms with E-state index in [0.29, 0.717) is 23.9 Å². The molecule has 8 heteroatoms. The lowest BCUT2D eigenvalue weighted by Gasteiger charge is -2.18. The van der Waals surface area contributed by atoms with Crippen LogP contribution in [-0.4, -0.2) is 46.2 Å². The molecule has 2 rings (SSSR count). The number of carbonyl (C=O) groups excluding carboxylic acids is 1. The first-order chi connectivity index (χ1) is 9.47. The van der Waals surface area contributed by atoms with E-state index in [1.807, 2.05) is 13.8 Å². The van der Waals surface area contributed by atoms with E-state index in [-0.39, 0.29) is 17.7 Å². The average molecular weight is 297 g/mol. The van der Waals surface area contributed by atoms with Gasteiger partial charge in [-0.15, -0.1) is 0 Å². The van der Waals surface area contributed by atoms with Gasteiger partial charge in [0, 0.05) is 13.6 Å². The normalized spacial score (nSPS) is 11.1. The lowest BCUT2D eigenvalue weighted by atomic mass is 10.2. The number of H-pyrrole nitrogens is 1. The molecule has 2 N–H and O–H groups in total. The minimum absolute atomic E-state index is 0.0624. The van der Waals surface area contributed by atoms with Crippen LogP contribution in [0.4, 0.5) is 5.82 Å². The molecule has 0 saturated carbocycles. The van der Waals surface area contributed by atoms with Gasteiger partial charge in [0.15, 0.2) is 5.65 Å². The maximum atomic E-state index is 11.8. The fourth-order valence-corrected chi connectivity index (χ4v) is 1.91. The van der Waals surface area contributed by atoms with Crippen molar-refractivity contribution in [2.45, 2.75) is 13.8 Å². The Kier molecular flexibility index (Phi) is 4.39. The molecule has 0 fully saturated rings. The summed E-state index contributed by atoms with van der Waals surface area (Å²) in [6.45, 7) is 4.94. The SMILES string of the molecule is CC(C)CNC(=O)CN(C)c1nc(Cl)nc2[nH]ncc12. The van der Waals surface area contributed by atoms with E-state index < -0.39 is 0 Å². The van der Waals surface area contributed by atoms with E-state index >= 15 is 0 Å². The predicted molar refractivity (Wildman–Crippen MR) is 77.8 cm³/mol. The van der Waals surface area contributed by atoms with Crippen LogP contribution in [0.25, 0.3) is 11.0 Å². The molecule has 0 aromatic carbocycles. The summed E-state index contributed by atoms with van der Waals surface area (Å²) in [6, 6.07) is 0. The number of likely N-dealkylation sites (N-methyl/N-ethyl adjacent to an activating group) is 1. The zero-order chi connectivity index (χ0) is 14.7. The number of anilines is 1. The van der Waals surface area contributed by atoms with Gasteiger partial charge < -0.3 is 10.2 Å². The number of nitrogens with one attached hydrogen (secondary N) is 2. The van der Waals surface area contributed by atoms with Crippen molar-refractivity contribution in [3.63, 3.8) is 0 Å². The summed E-state index contributed by atoms with van der Waals surface area (Å²) in [5, 5.41) is 10.4. The van der Waals surface area contributed by atoms with Gasteiger partial charge in [-0.3, -0.25) is 9.89 Å². The van der Waals surface area contributed by atoms with Crippen molar-refractivity contribution >= 4 is 34.4 Å². The Balaban J connectivity index is 2.13. The van der Waals surface area contributed by atoms with Crippen molar-refractivity contribution in [2.24, 2.45) is 5.92 Å². The molecule has 20 heavy (non-hydrogen) atoms. The summed E-state index contributed by atoms with van der Waals surface area (Å²) in [7, 11) is 1.78. The van der Waals surface area contributed by atoms with Gasteiger partial charge in [0.2, 0.25) is 11.2 Å². The number of hydrogen-bond donors (Lipinski definition) is 2. The van der Waals surface area contributed by atoms with Gasteiger partial charge in [-0.2, -0.15) is 15.1 Å². The predicted octanol–water partition coefficient (Wildman–Crippen LogP) is 1.21. The first-order valence-electron chi connectivity index (χ1n) is 6.32. The number of carbonyl (C=O) groups is 1. The van der Waals surface area contributed by atoms with Crippen LogP contribution in [0.3, 0.4) is 0 Å². The number of aromatic amines is 1. The molecule has 2 aromatic rings. The van der Waals surface area contributed by atoms with Crippen LogP contribution in [-0.2, 0) is 4.79 Å². The van der Waals surface area contributed by atoms with Gasteiger partial charge in [0.1, 0.15) is 5.82 Å². The lowest BCUT2D eigenvalue weighted by Crippen LogP contribution is -2.37. The molecule has 0 aliphatic carbocycles. The fraction of sp³-hybridized carbons (Fsp3) is 0.500. The number of fused-ring (bicyclic) bond motifs is 1. The van der Waals surface area contributed by atoms with Gasteiger partial charge in [0.05, 0.1) is 18.1 Å². The van der Waals surface area contributed by atoms with Gasteiger partial charge >= 0.3 is 0 Å². The van der Waals surface area contributed by atoms with E-state index in [9.17, 15) is 4.79 Å². The molecular weight excluding hydrogens is 280 g/mol. The van der Waals surface area contributed by atoms with Gasteiger partial charge in [-0.1, -0.05) is 13.8 Å². The van der Waals surface area contributed by atoms with Crippen molar-refractivity contribution in [3.05, 3.63) is 11.5 Å². The number of hydrogen-bond acceptors (Lipinski definition) is 5. The summed E-state index contributed by atoms with van der Waals surface area (Å²) < 4.78 is 0. The van der Waals surface area contributed by atoms with Gasteiger partial charge in [-0.05, 0) is 17.5 Å². The first-order valence-corrected chi connectivity index (χ1v) is 6.69. The largest absolute Gasteiger partial charge is 0.354 e. The summed E-state index contributed by atoms with van der Waals surface area (Å²) in [5.41, 5.74) is 0.550. The fourth-order valence-electron chi connectivity index (χ4n) is 1.75. The summed E-state index contributed by atoms with van der Waals surface area (Å²) in [5.74, 6) is 0.930. The number of aromatic nitrogens is 4. The van der Waals surface area contributed by atoms with E-state index in [0.717, 1.165) is 5.39 Å². The highest BCUT2D eigenvalue weighted by Gasteiger charge is 2.15. The zero-order valence-corrected chi connectivity index (χ0v) is 12.4. The molecule has 0 aliphatic heterocycles. The molecule has 2 aromatic heterocycles. The Hall–Kier alpha value is -1.89. The Bertz CT molecular complexity index is 611. The highest BCUT2D eigenvalue weighted by molar-refractivity contribution is 6.28. The number of amides is 1. The van der Waals surface area contributed by atoms with Gasteiger partial charge in [-0.25, -0.2) is 0 Å². The molecule has 108 valence electrons. The molecule has 0 saturated heterocycles. The molecule has 2 heterocycles. The van der Waals surface area contributed by atoms with E-state index in [1.54, 1.807) is 18.1 Å². The van der Waals surface area contributed by atoms with Crippen LogP contribution in [0.15, 0.2) is 6.20 Å². The zero-order valence-electron chi connectivity index (χ0n) is 11.6. The number of halogens is 1. The third kappa shape index (κ3) is 3.36. The number of rotatable bonds is 5. The maximum absolute atomic E-state index is 11.8. The highest BCUT2D eigenvalue weighted by atomic mass is 35.5. The monoisotopic (exact) mass is 296 g/mol. The number of nitrogens with zero attached hydrogens (tertiary/aromatic N) is 4. The summed E-state index contributed by atoms with van der Waals surface area (Å²) >= 11 is 5.87. The molecule has 7 nitrogen and oxygen atoms in total. The Labute approximate surface area is 121 Å². The van der Waals surface area contributed by atoms with Crippen molar-refractivity contribution in [1.82, 2.24) is 25.5 Å². The second-order valence-electron chi connectivity index (χ2n) is 5.00. The topological polar surface area (TPSA) is 86.8 Å². The Morgan fingerprint density at radius 2 is 2.25 bits per heavy atom. The molecule has 0 atom stereocenters. The minimum Gasteiger partial charge on any atom is -0.354 e. The summed E-state index contributed by atoms with van der Waals surface area (Å²) in [6.07, 6.45) is 1.61. The van der Waals surface area contributed by atoms with Crippen molar-refractivity contribution in [1.29, 1.82) is 0 Å². The van der Waals surface area contributed by atoms with E-state index in [1.165, 1.54) is 0 Å². The van der Waals surface area contributed by atoms with Crippen LogP contribution in [0, 0.1) is 5.92 Å². The molecule has 0 spiro atoms. The lowest BCUT2D eigenvalue weighted by molar-refractivity contribution is -0.119. The van der Waals surface area contributed by atoms with Crippen LogP contribution in [0.2, 0.25) is 5.28 Å². The Morgan fingerprint density at radius 3 is 2.95 bits per heavy atom. The Morgan fingerprint density at radius 1 is 1.50 bits per heavy atom.